The average Bonchev–Trinajstić information content (AvgIpc) is 3.25. The summed E-state index contributed by atoms with van der Waals surface area (Å²) in [6, 6.07) is 12.0. The summed E-state index contributed by atoms with van der Waals surface area (Å²) < 4.78 is 16.6. The van der Waals surface area contributed by atoms with Gasteiger partial charge in [0.2, 0.25) is 11.0 Å². The van der Waals surface area contributed by atoms with Crippen molar-refractivity contribution in [3.63, 3.8) is 0 Å². The average molecular weight is 489 g/mol. The second-order valence-electron chi connectivity index (χ2n) is 6.92. The molecule has 0 saturated carbocycles. The Kier molecular flexibility index (Phi) is 8.50. The molecule has 0 aliphatic carbocycles. The molecule has 0 unspecified atom stereocenters. The summed E-state index contributed by atoms with van der Waals surface area (Å²) in [5, 5.41) is 13.9. The molecule has 0 saturated heterocycles. The molecule has 3 rings (SSSR count). The van der Waals surface area contributed by atoms with Gasteiger partial charge in [-0.3, -0.25) is 14.9 Å². The molecule has 0 bridgehead atoms. The number of hydrogen-bond donors (Lipinski definition) is 2. The molecular weight excluding hydrogens is 464 g/mol. The molecule has 0 aliphatic heterocycles. The maximum atomic E-state index is 12.4. The number of anilines is 2. The molecule has 2 N–H and O–H groups in total. The van der Waals surface area contributed by atoms with E-state index in [9.17, 15) is 9.59 Å². The molecule has 174 valence electrons. The molecule has 3 aromatic rings. The van der Waals surface area contributed by atoms with E-state index in [-0.39, 0.29) is 23.7 Å². The number of aromatic nitrogens is 2. The first-order valence-corrected chi connectivity index (χ1v) is 11.7. The van der Waals surface area contributed by atoms with Gasteiger partial charge in [-0.2, -0.15) is 0 Å². The highest BCUT2D eigenvalue weighted by atomic mass is 32.2. The molecule has 11 heteroatoms. The molecule has 1 heterocycles. The zero-order valence-corrected chi connectivity index (χ0v) is 20.2. The number of carbonyl (C=O) groups excluding carboxylic acids is 2. The zero-order chi connectivity index (χ0) is 23.8. The second-order valence-corrected chi connectivity index (χ2v) is 9.12. The molecule has 33 heavy (non-hydrogen) atoms. The van der Waals surface area contributed by atoms with Crippen LogP contribution in [0.1, 0.15) is 24.2 Å². The van der Waals surface area contributed by atoms with Crippen LogP contribution in [0.3, 0.4) is 0 Å². The number of amides is 2. The van der Waals surface area contributed by atoms with Crippen LogP contribution in [0.5, 0.6) is 17.2 Å². The van der Waals surface area contributed by atoms with Crippen molar-refractivity contribution in [1.82, 2.24) is 10.2 Å². The van der Waals surface area contributed by atoms with Gasteiger partial charge in [0.25, 0.3) is 5.91 Å². The zero-order valence-electron chi connectivity index (χ0n) is 18.6. The fourth-order valence-electron chi connectivity index (χ4n) is 2.66. The maximum absolute atomic E-state index is 12.4. The molecule has 0 fully saturated rings. The SMILES string of the molecule is COc1ccc(NC(=O)CSc2nnc(NC(=O)c3ccc(OC(C)C)cc3)s2)c(OC)c1. The number of thioether (sulfide) groups is 1. The molecule has 0 aliphatic rings. The van der Waals surface area contributed by atoms with E-state index in [1.807, 2.05) is 13.8 Å². The summed E-state index contributed by atoms with van der Waals surface area (Å²) in [5.41, 5.74) is 1.02. The van der Waals surface area contributed by atoms with E-state index in [0.717, 1.165) is 0 Å². The van der Waals surface area contributed by atoms with Crippen molar-refractivity contribution in [1.29, 1.82) is 0 Å². The van der Waals surface area contributed by atoms with Gasteiger partial charge < -0.3 is 19.5 Å². The van der Waals surface area contributed by atoms with E-state index in [1.165, 1.54) is 30.2 Å². The topological polar surface area (TPSA) is 112 Å². The molecule has 9 nitrogen and oxygen atoms in total. The van der Waals surface area contributed by atoms with Crippen LogP contribution in [0.4, 0.5) is 10.8 Å². The Morgan fingerprint density at radius 3 is 2.39 bits per heavy atom. The van der Waals surface area contributed by atoms with Gasteiger partial charge in [0, 0.05) is 11.6 Å². The number of nitrogens with one attached hydrogen (secondary N) is 2. The third-order valence-corrected chi connectivity index (χ3v) is 6.10. The largest absolute Gasteiger partial charge is 0.497 e. The van der Waals surface area contributed by atoms with Gasteiger partial charge in [-0.05, 0) is 50.2 Å². The van der Waals surface area contributed by atoms with E-state index in [0.29, 0.717) is 38.0 Å². The Balaban J connectivity index is 1.51. The van der Waals surface area contributed by atoms with Crippen molar-refractivity contribution in [2.75, 3.05) is 30.6 Å². The monoisotopic (exact) mass is 488 g/mol. The highest BCUT2D eigenvalue weighted by Crippen LogP contribution is 2.30. The maximum Gasteiger partial charge on any atom is 0.257 e. The predicted octanol–water partition coefficient (Wildman–Crippen LogP) is 4.33. The van der Waals surface area contributed by atoms with Gasteiger partial charge in [-0.1, -0.05) is 23.1 Å². The number of nitrogens with zero attached hydrogens (tertiary/aromatic N) is 2. The predicted molar refractivity (Wildman–Crippen MR) is 129 cm³/mol. The molecular formula is C22H24N4O5S2. The lowest BCUT2D eigenvalue weighted by Gasteiger charge is -2.11. The van der Waals surface area contributed by atoms with Gasteiger partial charge in [0.15, 0.2) is 4.34 Å². The minimum atomic E-state index is -0.303. The quantitative estimate of drug-likeness (QED) is 0.320. The van der Waals surface area contributed by atoms with E-state index >= 15 is 0 Å². The molecule has 1 aromatic heterocycles. The van der Waals surface area contributed by atoms with Crippen LogP contribution in [0.25, 0.3) is 0 Å². The molecule has 2 aromatic carbocycles. The van der Waals surface area contributed by atoms with Gasteiger partial charge >= 0.3 is 0 Å². The summed E-state index contributed by atoms with van der Waals surface area (Å²) >= 11 is 2.41. The van der Waals surface area contributed by atoms with Crippen molar-refractivity contribution in [3.8, 4) is 17.2 Å². The van der Waals surface area contributed by atoms with Crippen molar-refractivity contribution in [2.45, 2.75) is 24.3 Å². The van der Waals surface area contributed by atoms with Gasteiger partial charge in [0.1, 0.15) is 17.2 Å². The van der Waals surface area contributed by atoms with Gasteiger partial charge in [0.05, 0.1) is 31.8 Å². The van der Waals surface area contributed by atoms with Gasteiger partial charge in [-0.15, -0.1) is 10.2 Å². The Labute approximate surface area is 199 Å². The second kappa shape index (κ2) is 11.5. The first-order valence-electron chi connectivity index (χ1n) is 9.94. The van der Waals surface area contributed by atoms with Crippen LogP contribution < -0.4 is 24.8 Å². The van der Waals surface area contributed by atoms with Crippen LogP contribution in [0, 0.1) is 0 Å². The van der Waals surface area contributed by atoms with Crippen molar-refractivity contribution >= 4 is 45.7 Å². The summed E-state index contributed by atoms with van der Waals surface area (Å²) in [5.74, 6) is 1.41. The lowest BCUT2D eigenvalue weighted by Crippen LogP contribution is -2.14. The van der Waals surface area contributed by atoms with Crippen molar-refractivity contribution < 1.29 is 23.8 Å². The third kappa shape index (κ3) is 7.09. The summed E-state index contributed by atoms with van der Waals surface area (Å²) in [6.45, 7) is 3.87. The van der Waals surface area contributed by atoms with Crippen LogP contribution in [0.2, 0.25) is 0 Å². The minimum Gasteiger partial charge on any atom is -0.497 e. The van der Waals surface area contributed by atoms with E-state index in [4.69, 9.17) is 14.2 Å². The van der Waals surface area contributed by atoms with Crippen molar-refractivity contribution in [2.24, 2.45) is 0 Å². The number of benzene rings is 2. The first-order chi connectivity index (χ1) is 15.9. The molecule has 2 amide bonds. The summed E-state index contributed by atoms with van der Waals surface area (Å²) in [6.07, 6.45) is 0.0577. The number of methoxy groups -OCH3 is 2. The molecule has 0 atom stereocenters. The Hall–Kier alpha value is -3.31. The highest BCUT2D eigenvalue weighted by Gasteiger charge is 2.14. The fourth-order valence-corrected chi connectivity index (χ4v) is 4.21. The Morgan fingerprint density at radius 1 is 1.00 bits per heavy atom. The van der Waals surface area contributed by atoms with Crippen LogP contribution >= 0.6 is 23.1 Å². The summed E-state index contributed by atoms with van der Waals surface area (Å²) in [4.78, 5) is 24.8. The van der Waals surface area contributed by atoms with E-state index < -0.39 is 0 Å². The van der Waals surface area contributed by atoms with E-state index in [2.05, 4.69) is 20.8 Å². The molecule has 0 spiro atoms. The number of hydrogen-bond acceptors (Lipinski definition) is 9. The lowest BCUT2D eigenvalue weighted by atomic mass is 10.2. The molecule has 0 radical (unpaired) electrons. The summed E-state index contributed by atoms with van der Waals surface area (Å²) in [7, 11) is 3.07. The minimum absolute atomic E-state index is 0.0577. The number of carbonyl (C=O) groups is 2. The van der Waals surface area contributed by atoms with Crippen molar-refractivity contribution in [3.05, 3.63) is 48.0 Å². The van der Waals surface area contributed by atoms with Crippen LogP contribution in [-0.4, -0.2) is 48.1 Å². The lowest BCUT2D eigenvalue weighted by molar-refractivity contribution is -0.113. The standard InChI is InChI=1S/C22H24N4O5S2/c1-13(2)31-15-7-5-14(6-8-15)20(28)24-21-25-26-22(33-21)32-12-19(27)23-17-10-9-16(29-3)11-18(17)30-4/h5-11,13H,12H2,1-4H3,(H,23,27)(H,24,25,28). The Morgan fingerprint density at radius 2 is 1.73 bits per heavy atom. The smallest absolute Gasteiger partial charge is 0.257 e. The van der Waals surface area contributed by atoms with Crippen LogP contribution in [0.15, 0.2) is 46.8 Å². The fraction of sp³-hybridized carbons (Fsp3) is 0.273. The number of rotatable bonds is 10. The normalized spacial score (nSPS) is 10.6. The number of ether oxygens (including phenoxy) is 3. The third-order valence-electron chi connectivity index (χ3n) is 4.12. The van der Waals surface area contributed by atoms with Gasteiger partial charge in [-0.25, -0.2) is 0 Å². The van der Waals surface area contributed by atoms with E-state index in [1.54, 1.807) is 49.6 Å². The Bertz CT molecular complexity index is 1100. The highest BCUT2D eigenvalue weighted by molar-refractivity contribution is 8.01. The first kappa shape index (κ1) is 24.3. The van der Waals surface area contributed by atoms with Crippen LogP contribution in [-0.2, 0) is 4.79 Å².